The summed E-state index contributed by atoms with van der Waals surface area (Å²) < 4.78 is 2.07. The number of hydrogen-bond donors (Lipinski definition) is 1. The molecule has 2 aromatic heterocycles. The fourth-order valence-corrected chi connectivity index (χ4v) is 3.42. The minimum absolute atomic E-state index is 0.0428. The highest BCUT2D eigenvalue weighted by Crippen LogP contribution is 2.23. The van der Waals surface area contributed by atoms with Crippen molar-refractivity contribution in [2.24, 2.45) is 0 Å². The monoisotopic (exact) mass is 296 g/mol. The molecule has 0 bridgehead atoms. The molecule has 0 aliphatic carbocycles. The lowest BCUT2D eigenvalue weighted by Gasteiger charge is -2.07. The number of carboxylic acid groups (broad SMARTS) is 1. The first-order valence-corrected chi connectivity index (χ1v) is 7.84. The van der Waals surface area contributed by atoms with Gasteiger partial charge in [0.2, 0.25) is 0 Å². The summed E-state index contributed by atoms with van der Waals surface area (Å²) in [4.78, 5) is 17.6. The molecule has 0 amide bonds. The molecule has 0 radical (unpaired) electrons. The standard InChI is InChI=1S/C13H16N2O2S2/c1-3-10-4-5-11(19-10)7-15-9(2)6-14-13(15)18-8-12(16)17/h4-6H,3,7-8H2,1-2H3,(H,16,17). The van der Waals surface area contributed by atoms with Gasteiger partial charge in [-0.05, 0) is 25.5 Å². The maximum atomic E-state index is 10.6. The van der Waals surface area contributed by atoms with Crippen LogP contribution in [0.3, 0.4) is 0 Å². The topological polar surface area (TPSA) is 55.1 Å². The lowest BCUT2D eigenvalue weighted by molar-refractivity contribution is -0.133. The van der Waals surface area contributed by atoms with E-state index in [0.29, 0.717) is 0 Å². The Hall–Kier alpha value is -1.27. The van der Waals surface area contributed by atoms with Crippen molar-refractivity contribution < 1.29 is 9.90 Å². The first-order chi connectivity index (χ1) is 9.10. The number of rotatable bonds is 6. The van der Waals surface area contributed by atoms with Crippen LogP contribution in [0.25, 0.3) is 0 Å². The molecular formula is C13H16N2O2S2. The molecule has 0 aliphatic rings. The van der Waals surface area contributed by atoms with Crippen molar-refractivity contribution >= 4 is 29.1 Å². The lowest BCUT2D eigenvalue weighted by atomic mass is 10.3. The second-order valence-electron chi connectivity index (χ2n) is 4.17. The van der Waals surface area contributed by atoms with Gasteiger partial charge >= 0.3 is 5.97 Å². The number of aliphatic carboxylic acids is 1. The van der Waals surface area contributed by atoms with E-state index in [1.165, 1.54) is 21.5 Å². The van der Waals surface area contributed by atoms with Gasteiger partial charge in [0, 0.05) is 21.6 Å². The van der Waals surface area contributed by atoms with E-state index in [-0.39, 0.29) is 5.75 Å². The van der Waals surface area contributed by atoms with Crippen molar-refractivity contribution in [1.29, 1.82) is 0 Å². The van der Waals surface area contributed by atoms with Crippen LogP contribution >= 0.6 is 23.1 Å². The summed E-state index contributed by atoms with van der Waals surface area (Å²) in [5.74, 6) is -0.775. The number of aryl methyl sites for hydroxylation is 2. The van der Waals surface area contributed by atoms with Gasteiger partial charge in [-0.25, -0.2) is 4.98 Å². The molecule has 0 aliphatic heterocycles. The summed E-state index contributed by atoms with van der Waals surface area (Å²) in [5.41, 5.74) is 1.05. The second-order valence-corrected chi connectivity index (χ2v) is 6.37. The molecular weight excluding hydrogens is 280 g/mol. The largest absolute Gasteiger partial charge is 0.481 e. The number of hydrogen-bond acceptors (Lipinski definition) is 4. The van der Waals surface area contributed by atoms with Crippen LogP contribution in [-0.2, 0) is 17.8 Å². The van der Waals surface area contributed by atoms with Gasteiger partial charge < -0.3 is 9.67 Å². The second kappa shape index (κ2) is 6.25. The van der Waals surface area contributed by atoms with Crippen LogP contribution < -0.4 is 0 Å². The zero-order valence-electron chi connectivity index (χ0n) is 10.9. The molecule has 0 aromatic carbocycles. The van der Waals surface area contributed by atoms with Crippen LogP contribution in [0.2, 0.25) is 0 Å². The minimum Gasteiger partial charge on any atom is -0.481 e. The molecule has 0 unspecified atom stereocenters. The Balaban J connectivity index is 2.14. The van der Waals surface area contributed by atoms with Gasteiger partial charge in [-0.1, -0.05) is 18.7 Å². The summed E-state index contributed by atoms with van der Waals surface area (Å²) in [6.07, 6.45) is 2.84. The Morgan fingerprint density at radius 3 is 2.84 bits per heavy atom. The maximum Gasteiger partial charge on any atom is 0.313 e. The van der Waals surface area contributed by atoms with E-state index in [4.69, 9.17) is 5.11 Å². The average molecular weight is 296 g/mol. The Bertz CT molecular complexity index is 575. The van der Waals surface area contributed by atoms with Crippen molar-refractivity contribution in [2.45, 2.75) is 32.0 Å². The molecule has 2 heterocycles. The fourth-order valence-electron chi connectivity index (χ4n) is 1.73. The van der Waals surface area contributed by atoms with Gasteiger partial charge in [0.05, 0.1) is 12.3 Å². The molecule has 2 aromatic rings. The highest BCUT2D eigenvalue weighted by atomic mass is 32.2. The van der Waals surface area contributed by atoms with Crippen molar-refractivity contribution in [3.05, 3.63) is 33.8 Å². The molecule has 0 fully saturated rings. The predicted molar refractivity (Wildman–Crippen MR) is 78.1 cm³/mol. The number of carbonyl (C=O) groups is 1. The van der Waals surface area contributed by atoms with Crippen molar-refractivity contribution in [3.63, 3.8) is 0 Å². The highest BCUT2D eigenvalue weighted by Gasteiger charge is 2.11. The van der Waals surface area contributed by atoms with Gasteiger partial charge in [-0.15, -0.1) is 11.3 Å². The van der Waals surface area contributed by atoms with Gasteiger partial charge in [-0.2, -0.15) is 0 Å². The number of carboxylic acids is 1. The number of aromatic nitrogens is 2. The Morgan fingerprint density at radius 1 is 1.47 bits per heavy atom. The smallest absolute Gasteiger partial charge is 0.313 e. The molecule has 19 heavy (non-hydrogen) atoms. The Morgan fingerprint density at radius 2 is 2.21 bits per heavy atom. The average Bonchev–Trinajstić information content (AvgIpc) is 2.96. The van der Waals surface area contributed by atoms with Gasteiger partial charge in [0.15, 0.2) is 5.16 Å². The third-order valence-electron chi connectivity index (χ3n) is 2.72. The number of nitrogens with zero attached hydrogens (tertiary/aromatic N) is 2. The SMILES string of the molecule is CCc1ccc(Cn2c(C)cnc2SCC(=O)O)s1. The Labute approximate surface area is 120 Å². The first-order valence-electron chi connectivity index (χ1n) is 6.04. The van der Waals surface area contributed by atoms with E-state index in [1.54, 1.807) is 17.5 Å². The summed E-state index contributed by atoms with van der Waals surface area (Å²) >= 11 is 3.06. The van der Waals surface area contributed by atoms with Crippen molar-refractivity contribution in [1.82, 2.24) is 9.55 Å². The highest BCUT2D eigenvalue weighted by molar-refractivity contribution is 7.99. The fraction of sp³-hybridized carbons (Fsp3) is 0.385. The number of thioether (sulfide) groups is 1. The van der Waals surface area contributed by atoms with E-state index in [2.05, 4.69) is 28.6 Å². The quantitative estimate of drug-likeness (QED) is 0.832. The summed E-state index contributed by atoms with van der Waals surface area (Å²) in [5, 5.41) is 9.51. The van der Waals surface area contributed by atoms with Crippen LogP contribution in [0.4, 0.5) is 0 Å². The van der Waals surface area contributed by atoms with E-state index in [0.717, 1.165) is 23.8 Å². The van der Waals surface area contributed by atoms with Gasteiger partial charge in [0.1, 0.15) is 0 Å². The minimum atomic E-state index is -0.818. The predicted octanol–water partition coefficient (Wildman–Crippen LogP) is 3.04. The summed E-state index contributed by atoms with van der Waals surface area (Å²) in [7, 11) is 0. The molecule has 102 valence electrons. The molecule has 0 spiro atoms. The van der Waals surface area contributed by atoms with Gasteiger partial charge in [0.25, 0.3) is 0 Å². The lowest BCUT2D eigenvalue weighted by Crippen LogP contribution is -2.05. The Kier molecular flexibility index (Phi) is 4.66. The molecule has 6 heteroatoms. The number of thiophene rings is 1. The van der Waals surface area contributed by atoms with Crippen LogP contribution in [0.1, 0.15) is 22.4 Å². The van der Waals surface area contributed by atoms with E-state index in [1.807, 2.05) is 6.92 Å². The first kappa shape index (κ1) is 14.1. The normalized spacial score (nSPS) is 10.8. The summed E-state index contributed by atoms with van der Waals surface area (Å²) in [6.45, 7) is 4.90. The zero-order chi connectivity index (χ0) is 13.8. The maximum absolute atomic E-state index is 10.6. The van der Waals surface area contributed by atoms with E-state index < -0.39 is 5.97 Å². The van der Waals surface area contributed by atoms with Crippen LogP contribution in [0, 0.1) is 6.92 Å². The van der Waals surface area contributed by atoms with Crippen LogP contribution in [-0.4, -0.2) is 26.4 Å². The van der Waals surface area contributed by atoms with E-state index >= 15 is 0 Å². The van der Waals surface area contributed by atoms with Crippen molar-refractivity contribution in [2.75, 3.05) is 5.75 Å². The molecule has 0 atom stereocenters. The van der Waals surface area contributed by atoms with E-state index in [9.17, 15) is 4.79 Å². The zero-order valence-corrected chi connectivity index (χ0v) is 12.6. The van der Waals surface area contributed by atoms with Gasteiger partial charge in [-0.3, -0.25) is 4.79 Å². The third kappa shape index (κ3) is 3.61. The molecule has 1 N–H and O–H groups in total. The molecule has 0 saturated heterocycles. The summed E-state index contributed by atoms with van der Waals surface area (Å²) in [6, 6.07) is 4.28. The van der Waals surface area contributed by atoms with Crippen LogP contribution in [0.5, 0.6) is 0 Å². The molecule has 2 rings (SSSR count). The third-order valence-corrected chi connectivity index (χ3v) is 4.91. The molecule has 0 saturated carbocycles. The van der Waals surface area contributed by atoms with Crippen molar-refractivity contribution in [3.8, 4) is 0 Å². The number of imidazole rings is 1. The molecule has 4 nitrogen and oxygen atoms in total. The van der Waals surface area contributed by atoms with Crippen LogP contribution in [0.15, 0.2) is 23.5 Å².